The molecule has 2 N–H and O–H groups in total. The zero-order valence-electron chi connectivity index (χ0n) is 18.7. The van der Waals surface area contributed by atoms with Crippen LogP contribution in [-0.4, -0.2) is 41.7 Å². The normalized spacial score (nSPS) is 20.2. The number of rotatable bonds is 5. The Labute approximate surface area is 196 Å². The Balaban J connectivity index is 1.34. The number of urea groups is 1. The van der Waals surface area contributed by atoms with Crippen LogP contribution in [0.25, 0.3) is 10.8 Å². The van der Waals surface area contributed by atoms with Crippen molar-refractivity contribution in [1.29, 1.82) is 0 Å². The Kier molecular flexibility index (Phi) is 5.28. The summed E-state index contributed by atoms with van der Waals surface area (Å²) in [5, 5.41) is 7.48. The molecule has 2 aliphatic heterocycles. The predicted octanol–water partition coefficient (Wildman–Crippen LogP) is 3.37. The summed E-state index contributed by atoms with van der Waals surface area (Å²) in [6, 6.07) is 19.7. The van der Waals surface area contributed by atoms with Gasteiger partial charge in [-0.05, 0) is 47.9 Å². The van der Waals surface area contributed by atoms with Crippen LogP contribution >= 0.6 is 0 Å². The molecule has 0 bridgehead atoms. The smallest absolute Gasteiger partial charge is 0.323 e. The zero-order valence-corrected chi connectivity index (χ0v) is 18.7. The molecule has 5 amide bonds. The molecule has 0 unspecified atom stereocenters. The van der Waals surface area contributed by atoms with Gasteiger partial charge in [0.05, 0.1) is 11.4 Å². The van der Waals surface area contributed by atoms with Gasteiger partial charge in [0.1, 0.15) is 12.1 Å². The van der Waals surface area contributed by atoms with E-state index in [1.165, 1.54) is 0 Å². The Hall–Kier alpha value is -4.20. The van der Waals surface area contributed by atoms with Crippen molar-refractivity contribution in [2.24, 2.45) is 0 Å². The van der Waals surface area contributed by atoms with Gasteiger partial charge in [-0.3, -0.25) is 19.3 Å². The van der Waals surface area contributed by atoms with Crippen LogP contribution in [0.5, 0.6) is 0 Å². The lowest BCUT2D eigenvalue weighted by Crippen LogP contribution is -2.42. The first-order chi connectivity index (χ1) is 16.4. The number of imide groups is 1. The second kappa shape index (κ2) is 8.30. The van der Waals surface area contributed by atoms with E-state index in [1.807, 2.05) is 42.5 Å². The molecule has 2 heterocycles. The van der Waals surface area contributed by atoms with E-state index in [-0.39, 0.29) is 5.91 Å². The molecule has 3 aromatic carbocycles. The van der Waals surface area contributed by atoms with E-state index in [4.69, 9.17) is 0 Å². The van der Waals surface area contributed by atoms with Crippen LogP contribution < -0.4 is 15.5 Å². The van der Waals surface area contributed by atoms with Gasteiger partial charge in [0.2, 0.25) is 11.8 Å². The average molecular weight is 457 g/mol. The van der Waals surface area contributed by atoms with Gasteiger partial charge < -0.3 is 15.5 Å². The van der Waals surface area contributed by atoms with E-state index < -0.39 is 29.9 Å². The van der Waals surface area contributed by atoms with Gasteiger partial charge in [0.25, 0.3) is 5.91 Å². The number of anilines is 2. The third kappa shape index (κ3) is 3.67. The molecule has 34 heavy (non-hydrogen) atoms. The summed E-state index contributed by atoms with van der Waals surface area (Å²) < 4.78 is 0. The molecular weight excluding hydrogens is 432 g/mol. The van der Waals surface area contributed by atoms with Gasteiger partial charge in [-0.15, -0.1) is 0 Å². The summed E-state index contributed by atoms with van der Waals surface area (Å²) in [5.74, 6) is -1.02. The van der Waals surface area contributed by atoms with E-state index in [0.717, 1.165) is 22.1 Å². The maximum atomic E-state index is 13.3. The summed E-state index contributed by atoms with van der Waals surface area (Å²) in [5.41, 5.74) is 0.440. The van der Waals surface area contributed by atoms with Gasteiger partial charge in [-0.1, -0.05) is 48.5 Å². The Morgan fingerprint density at radius 3 is 2.50 bits per heavy atom. The number of nitrogens with zero attached hydrogens (tertiary/aromatic N) is 2. The van der Waals surface area contributed by atoms with Crippen molar-refractivity contribution in [3.8, 4) is 0 Å². The second-order valence-corrected chi connectivity index (χ2v) is 8.72. The van der Waals surface area contributed by atoms with Crippen LogP contribution in [0.2, 0.25) is 0 Å². The van der Waals surface area contributed by atoms with Crippen LogP contribution in [0, 0.1) is 0 Å². The molecule has 1 atom stereocenters. The summed E-state index contributed by atoms with van der Waals surface area (Å²) in [6.45, 7) is 1.79. The molecule has 0 saturated carbocycles. The fourth-order valence-electron chi connectivity index (χ4n) is 4.59. The quantitative estimate of drug-likeness (QED) is 0.575. The van der Waals surface area contributed by atoms with Gasteiger partial charge in [-0.2, -0.15) is 0 Å². The van der Waals surface area contributed by atoms with Crippen molar-refractivity contribution < 1.29 is 19.2 Å². The van der Waals surface area contributed by atoms with Crippen molar-refractivity contribution in [3.63, 3.8) is 0 Å². The molecule has 5 rings (SSSR count). The van der Waals surface area contributed by atoms with E-state index >= 15 is 0 Å². The summed E-state index contributed by atoms with van der Waals surface area (Å²) in [6.07, 6.45) is 1.23. The molecule has 172 valence electrons. The highest BCUT2D eigenvalue weighted by molar-refractivity contribution is 6.11. The first-order valence-electron chi connectivity index (χ1n) is 11.2. The Bertz CT molecular complexity index is 1340. The second-order valence-electron chi connectivity index (χ2n) is 8.72. The molecule has 0 spiro atoms. The van der Waals surface area contributed by atoms with Gasteiger partial charge in [-0.25, -0.2) is 4.79 Å². The molecule has 0 radical (unpaired) electrons. The lowest BCUT2D eigenvalue weighted by Gasteiger charge is -2.23. The summed E-state index contributed by atoms with van der Waals surface area (Å²) in [4.78, 5) is 53.6. The molecule has 8 heteroatoms. The highest BCUT2D eigenvalue weighted by Gasteiger charge is 2.49. The van der Waals surface area contributed by atoms with E-state index in [2.05, 4.69) is 10.6 Å². The van der Waals surface area contributed by atoms with Gasteiger partial charge >= 0.3 is 6.03 Å². The third-order valence-electron chi connectivity index (χ3n) is 6.45. The lowest BCUT2D eigenvalue weighted by atomic mass is 9.90. The van der Waals surface area contributed by atoms with Crippen LogP contribution in [0.15, 0.2) is 66.7 Å². The number of hydrogen-bond acceptors (Lipinski definition) is 4. The number of benzene rings is 3. The van der Waals surface area contributed by atoms with Crippen molar-refractivity contribution in [3.05, 3.63) is 72.3 Å². The summed E-state index contributed by atoms with van der Waals surface area (Å²) in [7, 11) is 0. The lowest BCUT2D eigenvalue weighted by molar-refractivity contribution is -0.133. The highest BCUT2D eigenvalue weighted by Crippen LogP contribution is 2.32. The minimum atomic E-state index is -1.28. The van der Waals surface area contributed by atoms with Crippen LogP contribution in [0.4, 0.5) is 16.2 Å². The fourth-order valence-corrected chi connectivity index (χ4v) is 4.59. The predicted molar refractivity (Wildman–Crippen MR) is 128 cm³/mol. The fraction of sp³-hybridized carbons (Fsp3) is 0.231. The minimum Gasteiger partial charge on any atom is -0.323 e. The number of carbonyl (C=O) groups is 4. The molecule has 2 saturated heterocycles. The van der Waals surface area contributed by atoms with Crippen molar-refractivity contribution in [2.45, 2.75) is 25.3 Å². The first kappa shape index (κ1) is 21.6. The first-order valence-corrected chi connectivity index (χ1v) is 11.2. The molecule has 2 fully saturated rings. The maximum absolute atomic E-state index is 13.3. The topological polar surface area (TPSA) is 98.8 Å². The van der Waals surface area contributed by atoms with Gasteiger partial charge in [0, 0.05) is 13.0 Å². The zero-order chi connectivity index (χ0) is 23.9. The third-order valence-corrected chi connectivity index (χ3v) is 6.45. The molecule has 2 aliphatic rings. The maximum Gasteiger partial charge on any atom is 0.325 e. The molecule has 3 aromatic rings. The Morgan fingerprint density at radius 1 is 1.00 bits per heavy atom. The van der Waals surface area contributed by atoms with Crippen LogP contribution in [-0.2, 0) is 19.9 Å². The van der Waals surface area contributed by atoms with Crippen molar-refractivity contribution in [2.75, 3.05) is 23.3 Å². The standard InChI is InChI=1S/C26H24N4O4/c1-26(19-13-12-17-7-2-3-8-18(17)15-19)24(33)30(25(34)28-26)16-22(31)27-20-9-4-5-10-21(20)29-14-6-11-23(29)32/h2-5,7-10,12-13,15H,6,11,14,16H2,1H3,(H,27,31)(H,28,34)/t26-/m1/s1. The number of fused-ring (bicyclic) bond motifs is 1. The van der Waals surface area contributed by atoms with E-state index in [9.17, 15) is 19.2 Å². The number of nitrogens with one attached hydrogen (secondary N) is 2. The highest BCUT2D eigenvalue weighted by atomic mass is 16.2. The van der Waals surface area contributed by atoms with Gasteiger partial charge in [0.15, 0.2) is 0 Å². The largest absolute Gasteiger partial charge is 0.325 e. The minimum absolute atomic E-state index is 0.00180. The average Bonchev–Trinajstić information content (AvgIpc) is 3.35. The SMILES string of the molecule is C[C@]1(c2ccc3ccccc3c2)NC(=O)N(CC(=O)Nc2ccccc2N2CCCC2=O)C1=O. The number of para-hydroxylation sites is 2. The summed E-state index contributed by atoms with van der Waals surface area (Å²) >= 11 is 0. The van der Waals surface area contributed by atoms with Crippen LogP contribution in [0.3, 0.4) is 0 Å². The van der Waals surface area contributed by atoms with E-state index in [1.54, 1.807) is 36.1 Å². The Morgan fingerprint density at radius 2 is 1.74 bits per heavy atom. The number of amides is 5. The van der Waals surface area contributed by atoms with E-state index in [0.29, 0.717) is 29.9 Å². The number of hydrogen-bond donors (Lipinski definition) is 2. The molecule has 0 aromatic heterocycles. The van der Waals surface area contributed by atoms with Crippen LogP contribution in [0.1, 0.15) is 25.3 Å². The van der Waals surface area contributed by atoms with Crippen molar-refractivity contribution in [1.82, 2.24) is 10.2 Å². The molecular formula is C26H24N4O4. The number of carbonyl (C=O) groups excluding carboxylic acids is 4. The monoisotopic (exact) mass is 456 g/mol. The van der Waals surface area contributed by atoms with Crippen molar-refractivity contribution >= 4 is 45.9 Å². The molecule has 0 aliphatic carbocycles. The molecule has 8 nitrogen and oxygen atoms in total.